The molecule has 0 spiro atoms. The quantitative estimate of drug-likeness (QED) is 0.386. The Hall–Kier alpha value is -3.92. The number of carbonyl (C=O) groups is 1. The number of fused-ring (bicyclic) bond motifs is 1. The Bertz CT molecular complexity index is 1320. The molecule has 1 fully saturated rings. The van der Waals surface area contributed by atoms with Gasteiger partial charge in [0.2, 0.25) is 0 Å². The monoisotopic (exact) mass is 490 g/mol. The van der Waals surface area contributed by atoms with Crippen LogP contribution in [0.3, 0.4) is 0 Å². The lowest BCUT2D eigenvalue weighted by atomic mass is 10.1. The first-order chi connectivity index (χ1) is 17.5. The Morgan fingerprint density at radius 2 is 2.06 bits per heavy atom. The number of benzene rings is 1. The number of carbonyl (C=O) groups excluding carboxylic acids is 1. The molecule has 0 radical (unpaired) electrons. The second-order valence-electron chi connectivity index (χ2n) is 9.19. The van der Waals surface area contributed by atoms with E-state index >= 15 is 0 Å². The van der Waals surface area contributed by atoms with Crippen molar-refractivity contribution >= 4 is 22.8 Å². The molecule has 10 heteroatoms. The zero-order valence-corrected chi connectivity index (χ0v) is 20.4. The predicted molar refractivity (Wildman–Crippen MR) is 135 cm³/mol. The van der Waals surface area contributed by atoms with Crippen LogP contribution in [0.5, 0.6) is 5.75 Å². The van der Waals surface area contributed by atoms with E-state index in [1.165, 1.54) is 0 Å². The molecule has 4 heterocycles. The zero-order chi connectivity index (χ0) is 25.1. The van der Waals surface area contributed by atoms with Crippen molar-refractivity contribution in [3.8, 4) is 11.6 Å². The van der Waals surface area contributed by atoms with Gasteiger partial charge >= 0.3 is 6.01 Å². The molecular formula is C26H30N6O4. The fourth-order valence-electron chi connectivity index (χ4n) is 4.29. The average molecular weight is 491 g/mol. The third kappa shape index (κ3) is 5.03. The highest BCUT2D eigenvalue weighted by Gasteiger charge is 2.24. The number of aliphatic hydroxyl groups is 1. The van der Waals surface area contributed by atoms with Crippen LogP contribution >= 0.6 is 0 Å². The summed E-state index contributed by atoms with van der Waals surface area (Å²) in [5.41, 5.74) is 1.50. The number of amides is 1. The van der Waals surface area contributed by atoms with Gasteiger partial charge in [0.05, 0.1) is 18.3 Å². The molecule has 10 nitrogen and oxygen atoms in total. The van der Waals surface area contributed by atoms with Crippen molar-refractivity contribution < 1.29 is 19.2 Å². The van der Waals surface area contributed by atoms with Crippen LogP contribution in [0.2, 0.25) is 0 Å². The molecule has 1 aliphatic heterocycles. The summed E-state index contributed by atoms with van der Waals surface area (Å²) in [6.45, 7) is 5.83. The lowest BCUT2D eigenvalue weighted by Gasteiger charge is -2.30. The first kappa shape index (κ1) is 23.8. The van der Waals surface area contributed by atoms with E-state index in [4.69, 9.17) is 14.4 Å². The third-order valence-electron chi connectivity index (χ3n) is 6.28. The van der Waals surface area contributed by atoms with Gasteiger partial charge in [0.1, 0.15) is 17.7 Å². The van der Waals surface area contributed by atoms with Gasteiger partial charge in [-0.3, -0.25) is 4.79 Å². The van der Waals surface area contributed by atoms with Crippen LogP contribution in [-0.2, 0) is 0 Å². The minimum Gasteiger partial charge on any atom is -0.489 e. The van der Waals surface area contributed by atoms with Crippen LogP contribution in [0.25, 0.3) is 16.7 Å². The highest BCUT2D eigenvalue weighted by Crippen LogP contribution is 2.25. The van der Waals surface area contributed by atoms with Crippen molar-refractivity contribution in [2.24, 2.45) is 0 Å². The van der Waals surface area contributed by atoms with Gasteiger partial charge in [0.25, 0.3) is 5.91 Å². The lowest BCUT2D eigenvalue weighted by Crippen LogP contribution is -2.38. The number of nitrogens with one attached hydrogen (secondary N) is 1. The van der Waals surface area contributed by atoms with E-state index in [-0.39, 0.29) is 31.1 Å². The molecule has 0 bridgehead atoms. The van der Waals surface area contributed by atoms with Crippen LogP contribution in [-0.4, -0.2) is 63.1 Å². The molecule has 2 N–H and O–H groups in total. The van der Waals surface area contributed by atoms with E-state index in [1.54, 1.807) is 12.3 Å². The molecule has 0 atom stereocenters. The Kier molecular flexibility index (Phi) is 6.86. The second kappa shape index (κ2) is 10.4. The Morgan fingerprint density at radius 3 is 2.75 bits per heavy atom. The van der Waals surface area contributed by atoms with E-state index in [2.05, 4.69) is 25.3 Å². The van der Waals surface area contributed by atoms with E-state index in [1.807, 2.05) is 54.9 Å². The van der Waals surface area contributed by atoms with Crippen LogP contribution < -0.4 is 15.0 Å². The van der Waals surface area contributed by atoms with Crippen LogP contribution in [0.15, 0.2) is 53.3 Å². The van der Waals surface area contributed by atoms with Gasteiger partial charge in [-0.25, -0.2) is 4.98 Å². The van der Waals surface area contributed by atoms with E-state index < -0.39 is 0 Å². The number of ether oxygens (including phenoxy) is 1. The van der Waals surface area contributed by atoms with Crippen molar-refractivity contribution in [3.05, 3.63) is 60.2 Å². The van der Waals surface area contributed by atoms with Gasteiger partial charge in [0.15, 0.2) is 5.82 Å². The minimum atomic E-state index is -0.207. The molecule has 0 unspecified atom stereocenters. The van der Waals surface area contributed by atoms with Gasteiger partial charge in [-0.1, -0.05) is 19.0 Å². The molecule has 1 aromatic carbocycles. The molecule has 0 saturated carbocycles. The van der Waals surface area contributed by atoms with Gasteiger partial charge in [-0.2, -0.15) is 4.98 Å². The van der Waals surface area contributed by atoms with Crippen molar-refractivity contribution in [1.82, 2.24) is 25.0 Å². The summed E-state index contributed by atoms with van der Waals surface area (Å²) >= 11 is 0. The van der Waals surface area contributed by atoms with Gasteiger partial charge in [0, 0.05) is 55.5 Å². The topological polar surface area (TPSA) is 119 Å². The minimum absolute atomic E-state index is 0.0890. The van der Waals surface area contributed by atoms with E-state index in [0.29, 0.717) is 11.6 Å². The standard InChI is InChI=1S/C26H30N6O4/c1-17(2)24-29-26(36-30-24)31-11-8-20(9-12-31)35-21-4-6-23(28-16-21)32-13-7-18-15-19(3-5-22(18)32)25(34)27-10-14-33/h3-7,13,15-17,20,33H,8-12,14H2,1-2H3,(H,27,34). The summed E-state index contributed by atoms with van der Waals surface area (Å²) < 4.78 is 13.6. The molecule has 4 aromatic rings. The highest BCUT2D eigenvalue weighted by atomic mass is 16.5. The summed E-state index contributed by atoms with van der Waals surface area (Å²) in [6.07, 6.45) is 5.50. The van der Waals surface area contributed by atoms with E-state index in [9.17, 15) is 4.79 Å². The summed E-state index contributed by atoms with van der Waals surface area (Å²) in [7, 11) is 0. The van der Waals surface area contributed by atoms with E-state index in [0.717, 1.165) is 54.2 Å². The number of aromatic nitrogens is 4. The molecule has 0 aliphatic carbocycles. The number of hydrogen-bond acceptors (Lipinski definition) is 8. The Labute approximate surface area is 208 Å². The fourth-order valence-corrected chi connectivity index (χ4v) is 4.29. The maximum absolute atomic E-state index is 12.2. The predicted octanol–water partition coefficient (Wildman–Crippen LogP) is 3.30. The van der Waals surface area contributed by atoms with Crippen molar-refractivity contribution in [2.45, 2.75) is 38.7 Å². The number of pyridine rings is 1. The highest BCUT2D eigenvalue weighted by molar-refractivity contribution is 5.98. The normalized spacial score (nSPS) is 14.5. The summed E-state index contributed by atoms with van der Waals surface area (Å²) in [6, 6.07) is 11.9. The van der Waals surface area contributed by atoms with Crippen LogP contribution in [0.1, 0.15) is 48.8 Å². The van der Waals surface area contributed by atoms with Crippen molar-refractivity contribution in [3.63, 3.8) is 0 Å². The number of rotatable bonds is 8. The maximum atomic E-state index is 12.2. The number of nitrogens with zero attached hydrogens (tertiary/aromatic N) is 5. The molecule has 36 heavy (non-hydrogen) atoms. The van der Waals surface area contributed by atoms with Gasteiger partial charge < -0.3 is 29.2 Å². The number of hydrogen-bond donors (Lipinski definition) is 2. The molecule has 1 amide bonds. The number of anilines is 1. The first-order valence-corrected chi connectivity index (χ1v) is 12.2. The van der Waals surface area contributed by atoms with Gasteiger partial charge in [-0.15, -0.1) is 0 Å². The number of aliphatic hydroxyl groups excluding tert-OH is 1. The molecule has 3 aromatic heterocycles. The third-order valence-corrected chi connectivity index (χ3v) is 6.28. The summed E-state index contributed by atoms with van der Waals surface area (Å²) in [5, 5.41) is 16.6. The van der Waals surface area contributed by atoms with Crippen molar-refractivity contribution in [2.75, 3.05) is 31.1 Å². The summed E-state index contributed by atoms with van der Waals surface area (Å²) in [4.78, 5) is 23.4. The first-order valence-electron chi connectivity index (χ1n) is 12.2. The fraction of sp³-hybridized carbons (Fsp3) is 0.385. The maximum Gasteiger partial charge on any atom is 0.324 e. The molecule has 188 valence electrons. The largest absolute Gasteiger partial charge is 0.489 e. The lowest BCUT2D eigenvalue weighted by molar-refractivity contribution is 0.0945. The van der Waals surface area contributed by atoms with Crippen molar-refractivity contribution in [1.29, 1.82) is 0 Å². The molecule has 1 saturated heterocycles. The zero-order valence-electron chi connectivity index (χ0n) is 20.4. The van der Waals surface area contributed by atoms with Crippen LogP contribution in [0.4, 0.5) is 6.01 Å². The number of piperidine rings is 1. The van der Waals surface area contributed by atoms with Crippen LogP contribution in [0, 0.1) is 0 Å². The molecule has 1 aliphatic rings. The molecular weight excluding hydrogens is 460 g/mol. The Morgan fingerprint density at radius 1 is 1.22 bits per heavy atom. The van der Waals surface area contributed by atoms with Gasteiger partial charge in [-0.05, 0) is 36.4 Å². The average Bonchev–Trinajstić information content (AvgIpc) is 3.56. The SMILES string of the molecule is CC(C)c1noc(N2CCC(Oc3ccc(-n4ccc5cc(C(=O)NCCO)ccc54)nc3)CC2)n1. The summed E-state index contributed by atoms with van der Waals surface area (Å²) in [5.74, 6) is 2.26. The molecule has 5 rings (SSSR count). The Balaban J connectivity index is 1.20. The second-order valence-corrected chi connectivity index (χ2v) is 9.19. The smallest absolute Gasteiger partial charge is 0.324 e.